The van der Waals surface area contributed by atoms with E-state index in [9.17, 15) is 0 Å². The van der Waals surface area contributed by atoms with Crippen molar-refractivity contribution in [3.8, 4) is 0 Å². The Morgan fingerprint density at radius 1 is 1.41 bits per heavy atom. The average Bonchev–Trinajstić information content (AvgIpc) is 2.68. The van der Waals surface area contributed by atoms with E-state index in [0.29, 0.717) is 0 Å². The summed E-state index contributed by atoms with van der Waals surface area (Å²) in [4.78, 5) is 1.34. The number of hydrogen-bond donors (Lipinski definition) is 1. The third kappa shape index (κ3) is 3.70. The van der Waals surface area contributed by atoms with Crippen molar-refractivity contribution >= 4 is 22.9 Å². The zero-order chi connectivity index (χ0) is 12.3. The molecule has 1 aromatic heterocycles. The number of thiophene rings is 1. The molecule has 1 aliphatic carbocycles. The van der Waals surface area contributed by atoms with Crippen LogP contribution in [0.5, 0.6) is 0 Å². The molecule has 1 saturated carbocycles. The highest BCUT2D eigenvalue weighted by Crippen LogP contribution is 2.36. The van der Waals surface area contributed by atoms with Crippen molar-refractivity contribution in [2.24, 2.45) is 11.7 Å². The van der Waals surface area contributed by atoms with Crippen molar-refractivity contribution in [2.75, 3.05) is 0 Å². The maximum atomic E-state index is 6.52. The molecule has 1 aromatic rings. The van der Waals surface area contributed by atoms with E-state index in [1.54, 1.807) is 11.3 Å². The number of halogens is 1. The molecular weight excluding hydrogens is 250 g/mol. The third-order valence-corrected chi connectivity index (χ3v) is 5.18. The summed E-state index contributed by atoms with van der Waals surface area (Å²) in [7, 11) is 0. The molecule has 1 nitrogen and oxygen atoms in total. The van der Waals surface area contributed by atoms with Crippen molar-refractivity contribution in [3.05, 3.63) is 21.3 Å². The van der Waals surface area contributed by atoms with Crippen LogP contribution < -0.4 is 5.73 Å². The summed E-state index contributed by atoms with van der Waals surface area (Å²) in [5, 5.41) is 0. The van der Waals surface area contributed by atoms with Gasteiger partial charge in [-0.15, -0.1) is 11.3 Å². The largest absolute Gasteiger partial charge is 0.325 e. The van der Waals surface area contributed by atoms with Crippen molar-refractivity contribution < 1.29 is 0 Å². The molecule has 0 saturated heterocycles. The second-order valence-corrected chi connectivity index (χ2v) is 7.28. The standard InChI is InChI=1S/C14H22ClNS/c1-2-3-11-6-8-14(16,9-7-11)10-12-4-5-13(15)17-12/h4-5,11H,2-3,6-10,16H2,1H3. The fraction of sp³-hybridized carbons (Fsp3) is 0.714. The molecule has 2 N–H and O–H groups in total. The molecule has 1 fully saturated rings. The van der Waals surface area contributed by atoms with E-state index >= 15 is 0 Å². The molecule has 1 heterocycles. The molecule has 96 valence electrons. The lowest BCUT2D eigenvalue weighted by molar-refractivity contribution is 0.224. The van der Waals surface area contributed by atoms with Gasteiger partial charge in [0.2, 0.25) is 0 Å². The van der Waals surface area contributed by atoms with Crippen LogP contribution in [-0.2, 0) is 6.42 Å². The first kappa shape index (κ1) is 13.4. The van der Waals surface area contributed by atoms with Crippen molar-refractivity contribution in [2.45, 2.75) is 57.4 Å². The van der Waals surface area contributed by atoms with Gasteiger partial charge in [-0.3, -0.25) is 0 Å². The minimum absolute atomic E-state index is 0.0262. The van der Waals surface area contributed by atoms with Crippen LogP contribution in [0, 0.1) is 5.92 Å². The summed E-state index contributed by atoms with van der Waals surface area (Å²) in [6.07, 6.45) is 8.65. The lowest BCUT2D eigenvalue weighted by Gasteiger charge is -2.37. The number of hydrogen-bond acceptors (Lipinski definition) is 2. The highest BCUT2D eigenvalue weighted by molar-refractivity contribution is 7.16. The molecule has 0 spiro atoms. The van der Waals surface area contributed by atoms with Crippen LogP contribution in [-0.4, -0.2) is 5.54 Å². The van der Waals surface area contributed by atoms with Gasteiger partial charge in [-0.1, -0.05) is 31.4 Å². The van der Waals surface area contributed by atoms with Gasteiger partial charge in [0, 0.05) is 10.4 Å². The van der Waals surface area contributed by atoms with Gasteiger partial charge in [-0.25, -0.2) is 0 Å². The molecule has 17 heavy (non-hydrogen) atoms. The van der Waals surface area contributed by atoms with Crippen LogP contribution in [0.3, 0.4) is 0 Å². The molecule has 0 aliphatic heterocycles. The SMILES string of the molecule is CCCC1CCC(N)(Cc2ccc(Cl)s2)CC1. The van der Waals surface area contributed by atoms with Crippen LogP contribution in [0.25, 0.3) is 0 Å². The van der Waals surface area contributed by atoms with Crippen LogP contribution in [0.1, 0.15) is 50.3 Å². The quantitative estimate of drug-likeness (QED) is 0.849. The lowest BCUT2D eigenvalue weighted by Crippen LogP contribution is -2.45. The molecule has 1 aliphatic rings. The lowest BCUT2D eigenvalue weighted by atomic mass is 9.74. The summed E-state index contributed by atoms with van der Waals surface area (Å²) in [5.41, 5.74) is 6.55. The third-order valence-electron chi connectivity index (χ3n) is 3.95. The number of nitrogens with two attached hydrogens (primary N) is 1. The van der Waals surface area contributed by atoms with Gasteiger partial charge in [0.15, 0.2) is 0 Å². The second kappa shape index (κ2) is 5.73. The van der Waals surface area contributed by atoms with Crippen LogP contribution in [0.4, 0.5) is 0 Å². The summed E-state index contributed by atoms with van der Waals surface area (Å²) in [6.45, 7) is 2.28. The Morgan fingerprint density at radius 3 is 2.65 bits per heavy atom. The highest BCUT2D eigenvalue weighted by atomic mass is 35.5. The Labute approximate surface area is 113 Å². The first-order chi connectivity index (χ1) is 8.11. The topological polar surface area (TPSA) is 26.0 Å². The molecule has 0 amide bonds. The summed E-state index contributed by atoms with van der Waals surface area (Å²) >= 11 is 7.64. The molecule has 3 heteroatoms. The van der Waals surface area contributed by atoms with Gasteiger partial charge in [0.25, 0.3) is 0 Å². The second-order valence-electron chi connectivity index (χ2n) is 5.48. The molecular formula is C14H22ClNS. The van der Waals surface area contributed by atoms with E-state index in [4.69, 9.17) is 17.3 Å². The van der Waals surface area contributed by atoms with Crippen LogP contribution >= 0.6 is 22.9 Å². The Kier molecular flexibility index (Phi) is 4.51. The zero-order valence-corrected chi connectivity index (χ0v) is 12.1. The zero-order valence-electron chi connectivity index (χ0n) is 10.5. The number of rotatable bonds is 4. The predicted molar refractivity (Wildman–Crippen MR) is 76.8 cm³/mol. The first-order valence-electron chi connectivity index (χ1n) is 6.64. The fourth-order valence-electron chi connectivity index (χ4n) is 2.92. The van der Waals surface area contributed by atoms with Gasteiger partial charge >= 0.3 is 0 Å². The fourth-order valence-corrected chi connectivity index (χ4v) is 4.16. The van der Waals surface area contributed by atoms with E-state index in [1.807, 2.05) is 6.07 Å². The molecule has 0 unspecified atom stereocenters. The normalized spacial score (nSPS) is 29.5. The van der Waals surface area contributed by atoms with E-state index in [1.165, 1.54) is 43.4 Å². The molecule has 0 atom stereocenters. The van der Waals surface area contributed by atoms with Gasteiger partial charge < -0.3 is 5.73 Å². The van der Waals surface area contributed by atoms with Gasteiger partial charge in [0.05, 0.1) is 4.34 Å². The average molecular weight is 272 g/mol. The molecule has 2 rings (SSSR count). The minimum Gasteiger partial charge on any atom is -0.325 e. The van der Waals surface area contributed by atoms with Crippen molar-refractivity contribution in [1.29, 1.82) is 0 Å². The Bertz CT molecular complexity index is 353. The van der Waals surface area contributed by atoms with Crippen molar-refractivity contribution in [1.82, 2.24) is 0 Å². The Hall–Kier alpha value is -0.0500. The van der Waals surface area contributed by atoms with E-state index in [0.717, 1.165) is 16.7 Å². The maximum Gasteiger partial charge on any atom is 0.0931 e. The predicted octanol–water partition coefficient (Wildman–Crippen LogP) is 4.63. The summed E-state index contributed by atoms with van der Waals surface area (Å²) in [5.74, 6) is 0.920. The molecule has 0 aromatic carbocycles. The van der Waals surface area contributed by atoms with E-state index in [-0.39, 0.29) is 5.54 Å². The van der Waals surface area contributed by atoms with Crippen LogP contribution in [0.15, 0.2) is 12.1 Å². The van der Waals surface area contributed by atoms with Gasteiger partial charge in [0.1, 0.15) is 0 Å². The van der Waals surface area contributed by atoms with E-state index < -0.39 is 0 Å². The first-order valence-corrected chi connectivity index (χ1v) is 7.84. The maximum absolute atomic E-state index is 6.52. The van der Waals surface area contributed by atoms with Gasteiger partial charge in [-0.2, -0.15) is 0 Å². The molecule has 0 bridgehead atoms. The van der Waals surface area contributed by atoms with E-state index in [2.05, 4.69) is 13.0 Å². The monoisotopic (exact) mass is 271 g/mol. The smallest absolute Gasteiger partial charge is 0.0931 e. The summed E-state index contributed by atoms with van der Waals surface area (Å²) in [6, 6.07) is 4.10. The summed E-state index contributed by atoms with van der Waals surface area (Å²) < 4.78 is 0.878. The highest BCUT2D eigenvalue weighted by Gasteiger charge is 2.31. The van der Waals surface area contributed by atoms with Crippen LogP contribution in [0.2, 0.25) is 4.34 Å². The van der Waals surface area contributed by atoms with Crippen molar-refractivity contribution in [3.63, 3.8) is 0 Å². The minimum atomic E-state index is 0.0262. The molecule has 0 radical (unpaired) electrons. The Balaban J connectivity index is 1.89. The Morgan fingerprint density at radius 2 is 2.12 bits per heavy atom. The van der Waals surface area contributed by atoms with Gasteiger partial charge in [-0.05, 0) is 50.2 Å².